The molecule has 0 aliphatic heterocycles. The lowest BCUT2D eigenvalue weighted by Gasteiger charge is -2.34. The zero-order chi connectivity index (χ0) is 20.2. The second-order valence-corrected chi connectivity index (χ2v) is 6.59. The maximum Gasteiger partial charge on any atom is 0.278 e. The van der Waals surface area contributed by atoms with Gasteiger partial charge in [-0.15, -0.1) is 0 Å². The molecule has 3 unspecified atom stereocenters. The second kappa shape index (κ2) is 8.20. The molecule has 0 radical (unpaired) electrons. The predicted octanol–water partition coefficient (Wildman–Crippen LogP) is -0.251. The molecular weight excluding hydrogens is 350 g/mol. The summed E-state index contributed by atoms with van der Waals surface area (Å²) in [7, 11) is 2.64. The Kier molecular flexibility index (Phi) is 6.20. The summed E-state index contributed by atoms with van der Waals surface area (Å²) in [6.07, 6.45) is 0.899. The summed E-state index contributed by atoms with van der Waals surface area (Å²) < 4.78 is 0. The number of aliphatic hydroxyl groups excluding tert-OH is 1. The van der Waals surface area contributed by atoms with Gasteiger partial charge in [0.25, 0.3) is 17.7 Å². The first-order chi connectivity index (χ1) is 12.8. The van der Waals surface area contributed by atoms with Crippen molar-refractivity contribution < 1.29 is 24.7 Å². The van der Waals surface area contributed by atoms with Gasteiger partial charge in [-0.05, 0) is 43.5 Å². The molecule has 8 nitrogen and oxygen atoms in total. The van der Waals surface area contributed by atoms with Gasteiger partial charge in [0.1, 0.15) is 0 Å². The van der Waals surface area contributed by atoms with E-state index >= 15 is 0 Å². The number of nitrogens with zero attached hydrogens (tertiary/aromatic N) is 1. The van der Waals surface area contributed by atoms with Crippen LogP contribution in [-0.2, 0) is 9.59 Å². The monoisotopic (exact) mass is 373 g/mol. The molecular formula is C19H23N3O5. The third-order valence-corrected chi connectivity index (χ3v) is 4.88. The largest absolute Gasteiger partial charge is 0.396 e. The predicted molar refractivity (Wildman–Crippen MR) is 96.5 cm³/mol. The first-order valence-corrected chi connectivity index (χ1v) is 8.46. The van der Waals surface area contributed by atoms with Crippen molar-refractivity contribution >= 4 is 17.7 Å². The van der Waals surface area contributed by atoms with Gasteiger partial charge in [-0.2, -0.15) is 0 Å². The van der Waals surface area contributed by atoms with E-state index in [1.54, 1.807) is 24.3 Å². The third kappa shape index (κ3) is 4.10. The number of aliphatic hydroxyl groups is 1. The van der Waals surface area contributed by atoms with Crippen molar-refractivity contribution in [2.24, 2.45) is 11.8 Å². The Morgan fingerprint density at radius 3 is 2.37 bits per heavy atom. The van der Waals surface area contributed by atoms with Crippen LogP contribution >= 0.6 is 0 Å². The lowest BCUT2D eigenvalue weighted by molar-refractivity contribution is -0.148. The Morgan fingerprint density at radius 2 is 1.89 bits per heavy atom. The molecule has 0 spiro atoms. The molecule has 1 saturated carbocycles. The van der Waals surface area contributed by atoms with E-state index in [1.807, 2.05) is 0 Å². The highest BCUT2D eigenvalue weighted by molar-refractivity contribution is 6.12. The average molecular weight is 373 g/mol. The van der Waals surface area contributed by atoms with Crippen molar-refractivity contribution in [2.75, 3.05) is 20.7 Å². The number of benzene rings is 1. The Labute approximate surface area is 157 Å². The first-order valence-electron chi connectivity index (χ1n) is 8.46. The van der Waals surface area contributed by atoms with Gasteiger partial charge in [0, 0.05) is 37.7 Å². The fourth-order valence-electron chi connectivity index (χ4n) is 2.66. The summed E-state index contributed by atoms with van der Waals surface area (Å²) >= 11 is 0. The number of nitrogens with one attached hydrogen (secondary N) is 2. The maximum atomic E-state index is 12.7. The van der Waals surface area contributed by atoms with E-state index in [0.29, 0.717) is 0 Å². The average Bonchev–Trinajstić information content (AvgIpc) is 3.48. The fraction of sp³-hybridized carbons (Fsp3) is 0.421. The van der Waals surface area contributed by atoms with Gasteiger partial charge in [-0.25, -0.2) is 5.48 Å². The highest BCUT2D eigenvalue weighted by Gasteiger charge is 2.47. The molecule has 8 heteroatoms. The van der Waals surface area contributed by atoms with Crippen molar-refractivity contribution in [3.63, 3.8) is 0 Å². The first kappa shape index (κ1) is 20.4. The van der Waals surface area contributed by atoms with Crippen molar-refractivity contribution in [1.82, 2.24) is 15.7 Å². The molecule has 4 N–H and O–H groups in total. The van der Waals surface area contributed by atoms with Crippen molar-refractivity contribution in [3.05, 3.63) is 35.4 Å². The van der Waals surface area contributed by atoms with Crippen LogP contribution in [0.15, 0.2) is 24.3 Å². The van der Waals surface area contributed by atoms with E-state index < -0.39 is 23.3 Å². The molecule has 1 aliphatic rings. The van der Waals surface area contributed by atoms with Crippen molar-refractivity contribution in [3.8, 4) is 11.8 Å². The Bertz CT molecular complexity index is 778. The number of hydrogen-bond donors (Lipinski definition) is 4. The summed E-state index contributed by atoms with van der Waals surface area (Å²) in [6.45, 7) is 1.38. The number of carbonyl (C=O) groups is 3. The minimum atomic E-state index is -1.93. The van der Waals surface area contributed by atoms with Gasteiger partial charge in [-0.1, -0.05) is 11.8 Å². The molecule has 0 saturated heterocycles. The van der Waals surface area contributed by atoms with Gasteiger partial charge in [-0.3, -0.25) is 19.6 Å². The van der Waals surface area contributed by atoms with Crippen LogP contribution in [-0.4, -0.2) is 59.2 Å². The van der Waals surface area contributed by atoms with Crippen LogP contribution in [0.2, 0.25) is 0 Å². The molecule has 144 valence electrons. The lowest BCUT2D eigenvalue weighted by Crippen LogP contribution is -2.64. The Hall–Kier alpha value is -2.89. The molecule has 1 aliphatic carbocycles. The molecule has 1 aromatic rings. The molecule has 1 aromatic carbocycles. The zero-order valence-corrected chi connectivity index (χ0v) is 15.4. The lowest BCUT2D eigenvalue weighted by atomic mass is 9.96. The van der Waals surface area contributed by atoms with Gasteiger partial charge in [0.05, 0.1) is 0 Å². The standard InChI is InChI=1S/C19H23N3O5/c1-19(17(25)20-2,18(26)21-27)22(3)16(24)13-7-4-12(5-8-13)6-9-14-10-15(14)11-23/h4-5,7-8,14-15,23,27H,10-11H2,1-3H3,(H,20,25)(H,21,26). The topological polar surface area (TPSA) is 119 Å². The van der Waals surface area contributed by atoms with Crippen LogP contribution in [0.4, 0.5) is 0 Å². The third-order valence-electron chi connectivity index (χ3n) is 4.88. The van der Waals surface area contributed by atoms with Crippen LogP contribution in [0.5, 0.6) is 0 Å². The number of carbonyl (C=O) groups excluding carboxylic acids is 3. The molecule has 0 bridgehead atoms. The van der Waals surface area contributed by atoms with E-state index in [9.17, 15) is 14.4 Å². The second-order valence-electron chi connectivity index (χ2n) is 6.59. The number of rotatable bonds is 5. The van der Waals surface area contributed by atoms with Crippen LogP contribution in [0.1, 0.15) is 29.3 Å². The Morgan fingerprint density at radius 1 is 1.26 bits per heavy atom. The number of hydroxylamine groups is 1. The SMILES string of the molecule is CNC(=O)C(C)(C(=O)NO)N(C)C(=O)c1ccc(C#CC2CC2CO)cc1. The quantitative estimate of drug-likeness (QED) is 0.246. The van der Waals surface area contributed by atoms with Crippen LogP contribution in [0.25, 0.3) is 0 Å². The normalized spacial score (nSPS) is 19.7. The Balaban J connectivity index is 2.18. The molecule has 3 amide bonds. The van der Waals surface area contributed by atoms with E-state index in [2.05, 4.69) is 17.2 Å². The number of amides is 3. The van der Waals surface area contributed by atoms with E-state index in [1.165, 1.54) is 26.5 Å². The number of likely N-dealkylation sites (N-methyl/N-ethyl adjacent to an activating group) is 2. The molecule has 0 aromatic heterocycles. The summed E-state index contributed by atoms with van der Waals surface area (Å²) in [4.78, 5) is 37.9. The molecule has 2 rings (SSSR count). The highest BCUT2D eigenvalue weighted by Crippen LogP contribution is 2.37. The van der Waals surface area contributed by atoms with Crippen molar-refractivity contribution in [1.29, 1.82) is 0 Å². The summed E-state index contributed by atoms with van der Waals surface area (Å²) in [5, 5.41) is 20.3. The zero-order valence-electron chi connectivity index (χ0n) is 15.4. The molecule has 3 atom stereocenters. The number of hydrogen-bond acceptors (Lipinski definition) is 5. The molecule has 0 heterocycles. The molecule has 27 heavy (non-hydrogen) atoms. The van der Waals surface area contributed by atoms with Crippen LogP contribution in [0.3, 0.4) is 0 Å². The van der Waals surface area contributed by atoms with Crippen molar-refractivity contribution in [2.45, 2.75) is 18.9 Å². The smallest absolute Gasteiger partial charge is 0.278 e. The van der Waals surface area contributed by atoms with Crippen LogP contribution < -0.4 is 10.8 Å². The highest BCUT2D eigenvalue weighted by atomic mass is 16.5. The summed E-state index contributed by atoms with van der Waals surface area (Å²) in [5.74, 6) is 4.22. The van der Waals surface area contributed by atoms with E-state index in [0.717, 1.165) is 16.9 Å². The fourth-order valence-corrected chi connectivity index (χ4v) is 2.66. The minimum Gasteiger partial charge on any atom is -0.396 e. The summed E-state index contributed by atoms with van der Waals surface area (Å²) in [6, 6.07) is 6.46. The summed E-state index contributed by atoms with van der Waals surface area (Å²) in [5.41, 5.74) is 0.492. The van der Waals surface area contributed by atoms with E-state index in [4.69, 9.17) is 10.3 Å². The van der Waals surface area contributed by atoms with Crippen LogP contribution in [0, 0.1) is 23.7 Å². The minimum absolute atomic E-state index is 0.143. The van der Waals surface area contributed by atoms with Gasteiger partial charge in [0.15, 0.2) is 5.54 Å². The van der Waals surface area contributed by atoms with Gasteiger partial charge in [0.2, 0.25) is 0 Å². The molecule has 1 fully saturated rings. The van der Waals surface area contributed by atoms with Gasteiger partial charge < -0.3 is 15.3 Å². The van der Waals surface area contributed by atoms with Gasteiger partial charge >= 0.3 is 0 Å². The van der Waals surface area contributed by atoms with E-state index in [-0.39, 0.29) is 24.0 Å². The maximum absolute atomic E-state index is 12.7.